The van der Waals surface area contributed by atoms with Crippen LogP contribution in [0.25, 0.3) is 17.0 Å². The van der Waals surface area contributed by atoms with Gasteiger partial charge in [0.2, 0.25) is 0 Å². The third kappa shape index (κ3) is 2.48. The first-order valence-corrected chi connectivity index (χ1v) is 6.47. The summed E-state index contributed by atoms with van der Waals surface area (Å²) in [6, 6.07) is 10.8. The monoisotopic (exact) mass is 299 g/mol. The van der Waals surface area contributed by atoms with Crippen molar-refractivity contribution in [3.8, 4) is 0 Å². The zero-order chi connectivity index (χ0) is 14.8. The molecule has 0 atom stereocenters. The number of carbonyl (C=O) groups is 1. The molecule has 3 aromatic rings. The highest BCUT2D eigenvalue weighted by Gasteiger charge is 2.13. The van der Waals surface area contributed by atoms with Crippen LogP contribution in [0.2, 0.25) is 5.02 Å². The second-order valence-corrected chi connectivity index (χ2v) is 4.62. The largest absolute Gasteiger partial charge is 0.288 e. The second kappa shape index (κ2) is 5.34. The molecule has 21 heavy (non-hydrogen) atoms. The summed E-state index contributed by atoms with van der Waals surface area (Å²) in [4.78, 5) is 13.5. The highest BCUT2D eigenvalue weighted by atomic mass is 35.5. The third-order valence-corrected chi connectivity index (χ3v) is 3.26. The van der Waals surface area contributed by atoms with Crippen molar-refractivity contribution < 1.29 is 4.79 Å². The Morgan fingerprint density at radius 3 is 2.76 bits per heavy atom. The maximum atomic E-state index is 12.3. The summed E-state index contributed by atoms with van der Waals surface area (Å²) in [6.07, 6.45) is 1.38. The summed E-state index contributed by atoms with van der Waals surface area (Å²) < 4.78 is 0. The minimum atomic E-state index is -0.327. The van der Waals surface area contributed by atoms with Crippen molar-refractivity contribution in [2.24, 2.45) is 0 Å². The lowest BCUT2D eigenvalue weighted by Gasteiger charge is -2.06. The maximum Gasteiger partial charge on any atom is 0.270 e. The quantitative estimate of drug-likeness (QED) is 0.807. The van der Waals surface area contributed by atoms with Gasteiger partial charge in [0.05, 0.1) is 0 Å². The predicted octanol–water partition coefficient (Wildman–Crippen LogP) is 2.83. The van der Waals surface area contributed by atoms with Gasteiger partial charge in [0.25, 0.3) is 11.9 Å². The average molecular weight is 300 g/mol. The van der Waals surface area contributed by atoms with E-state index in [0.29, 0.717) is 10.6 Å². The predicted molar refractivity (Wildman–Crippen MR) is 81.1 cm³/mol. The number of anilines is 1. The van der Waals surface area contributed by atoms with Gasteiger partial charge in [0.1, 0.15) is 0 Å². The van der Waals surface area contributed by atoms with E-state index in [0.717, 1.165) is 15.6 Å². The Morgan fingerprint density at radius 1 is 1.24 bits per heavy atom. The second-order valence-electron chi connectivity index (χ2n) is 4.21. The summed E-state index contributed by atoms with van der Waals surface area (Å²) in [6.45, 7) is 3.50. The van der Waals surface area contributed by atoms with Crippen molar-refractivity contribution in [3.05, 3.63) is 53.6 Å². The number of rotatable bonds is 3. The van der Waals surface area contributed by atoms with Crippen LogP contribution in [0.5, 0.6) is 0 Å². The molecular formula is C14H10ClN5O. The van der Waals surface area contributed by atoms with E-state index in [1.54, 1.807) is 24.3 Å². The molecule has 2 aromatic carbocycles. The van der Waals surface area contributed by atoms with Crippen LogP contribution in [-0.2, 0) is 0 Å². The standard InChI is InChI=1S/C14H10ClN5O/c1-2-20-18-14(17-19-20)16-13(21)11-7-3-6-10-9(11)5-4-8-12(10)15/h2-8H,1H2,(H,16,18,21). The van der Waals surface area contributed by atoms with E-state index in [-0.39, 0.29) is 11.9 Å². The molecule has 0 fully saturated rings. The van der Waals surface area contributed by atoms with Gasteiger partial charge in [0.15, 0.2) is 0 Å². The molecule has 0 aliphatic heterocycles. The molecule has 3 rings (SSSR count). The van der Waals surface area contributed by atoms with Crippen LogP contribution in [0.3, 0.4) is 0 Å². The minimum Gasteiger partial charge on any atom is -0.288 e. The summed E-state index contributed by atoms with van der Waals surface area (Å²) in [5.74, 6) is -0.217. The summed E-state index contributed by atoms with van der Waals surface area (Å²) in [5.41, 5.74) is 0.491. The minimum absolute atomic E-state index is 0.110. The van der Waals surface area contributed by atoms with Crippen LogP contribution in [0, 0.1) is 0 Å². The van der Waals surface area contributed by atoms with E-state index in [2.05, 4.69) is 27.3 Å². The molecule has 0 aliphatic carbocycles. The first-order valence-electron chi connectivity index (χ1n) is 6.09. The van der Waals surface area contributed by atoms with E-state index in [9.17, 15) is 4.79 Å². The Balaban J connectivity index is 1.98. The molecule has 0 aliphatic rings. The number of benzene rings is 2. The zero-order valence-corrected chi connectivity index (χ0v) is 11.6. The summed E-state index contributed by atoms with van der Waals surface area (Å²) in [5, 5.41) is 16.1. The Bertz CT molecular complexity index is 842. The van der Waals surface area contributed by atoms with Crippen molar-refractivity contribution in [1.29, 1.82) is 0 Å². The summed E-state index contributed by atoms with van der Waals surface area (Å²) >= 11 is 6.14. The van der Waals surface area contributed by atoms with Crippen molar-refractivity contribution in [3.63, 3.8) is 0 Å². The van der Waals surface area contributed by atoms with Crippen molar-refractivity contribution in [2.75, 3.05) is 5.32 Å². The highest BCUT2D eigenvalue weighted by Crippen LogP contribution is 2.26. The van der Waals surface area contributed by atoms with Crippen molar-refractivity contribution in [1.82, 2.24) is 20.2 Å². The number of hydrogen-bond acceptors (Lipinski definition) is 4. The fourth-order valence-corrected chi connectivity index (χ4v) is 2.23. The molecular weight excluding hydrogens is 290 g/mol. The molecule has 6 nitrogen and oxygen atoms in total. The molecule has 1 amide bonds. The Kier molecular flexibility index (Phi) is 3.37. The van der Waals surface area contributed by atoms with Crippen LogP contribution in [0.1, 0.15) is 10.4 Å². The van der Waals surface area contributed by atoms with Gasteiger partial charge in [-0.1, -0.05) is 47.5 Å². The molecule has 1 heterocycles. The number of carbonyl (C=O) groups excluding carboxylic acids is 1. The smallest absolute Gasteiger partial charge is 0.270 e. The van der Waals surface area contributed by atoms with Gasteiger partial charge in [-0.15, -0.1) is 9.90 Å². The van der Waals surface area contributed by atoms with Gasteiger partial charge < -0.3 is 0 Å². The number of nitrogens with one attached hydrogen (secondary N) is 1. The van der Waals surface area contributed by atoms with Crippen LogP contribution in [-0.4, -0.2) is 26.1 Å². The first-order chi connectivity index (χ1) is 10.2. The van der Waals surface area contributed by atoms with Gasteiger partial charge in [0, 0.05) is 22.2 Å². The van der Waals surface area contributed by atoms with Gasteiger partial charge in [-0.25, -0.2) is 0 Å². The molecule has 0 radical (unpaired) electrons. The molecule has 0 bridgehead atoms. The molecule has 0 saturated heterocycles. The zero-order valence-electron chi connectivity index (χ0n) is 10.8. The lowest BCUT2D eigenvalue weighted by molar-refractivity contribution is 0.102. The van der Waals surface area contributed by atoms with Crippen molar-refractivity contribution >= 4 is 40.4 Å². The number of fused-ring (bicyclic) bond motifs is 1. The number of nitrogens with zero attached hydrogens (tertiary/aromatic N) is 4. The van der Waals surface area contributed by atoms with Crippen molar-refractivity contribution in [2.45, 2.75) is 0 Å². The van der Waals surface area contributed by atoms with Gasteiger partial charge >= 0.3 is 0 Å². The lowest BCUT2D eigenvalue weighted by atomic mass is 10.0. The first kappa shape index (κ1) is 13.3. The van der Waals surface area contributed by atoms with E-state index < -0.39 is 0 Å². The van der Waals surface area contributed by atoms with Gasteiger partial charge in [-0.2, -0.15) is 0 Å². The topological polar surface area (TPSA) is 72.7 Å². The fraction of sp³-hybridized carbons (Fsp3) is 0. The van der Waals surface area contributed by atoms with Crippen LogP contribution < -0.4 is 5.32 Å². The molecule has 1 aromatic heterocycles. The Labute approximate surface area is 125 Å². The molecule has 0 spiro atoms. The van der Waals surface area contributed by atoms with Crippen LogP contribution in [0.15, 0.2) is 43.0 Å². The number of amides is 1. The third-order valence-electron chi connectivity index (χ3n) is 2.93. The van der Waals surface area contributed by atoms with Gasteiger partial charge in [-0.05, 0) is 22.7 Å². The SMILES string of the molecule is C=Cn1nnc(NC(=O)c2cccc3c(Cl)cccc23)n1. The van der Waals surface area contributed by atoms with E-state index in [1.165, 1.54) is 6.20 Å². The number of halogens is 1. The average Bonchev–Trinajstić information content (AvgIpc) is 2.95. The van der Waals surface area contributed by atoms with E-state index in [4.69, 9.17) is 11.6 Å². The lowest BCUT2D eigenvalue weighted by Crippen LogP contribution is -2.13. The van der Waals surface area contributed by atoms with Crippen LogP contribution >= 0.6 is 11.6 Å². The summed E-state index contributed by atoms with van der Waals surface area (Å²) in [7, 11) is 0. The fourth-order valence-electron chi connectivity index (χ4n) is 1.99. The highest BCUT2D eigenvalue weighted by molar-refractivity contribution is 6.36. The molecule has 7 heteroatoms. The molecule has 104 valence electrons. The normalized spacial score (nSPS) is 10.5. The van der Waals surface area contributed by atoms with E-state index >= 15 is 0 Å². The molecule has 0 saturated carbocycles. The number of aromatic nitrogens is 4. The van der Waals surface area contributed by atoms with Gasteiger partial charge in [-0.3, -0.25) is 10.1 Å². The molecule has 0 unspecified atom stereocenters. The number of hydrogen-bond donors (Lipinski definition) is 1. The molecule has 1 N–H and O–H groups in total. The maximum absolute atomic E-state index is 12.3. The van der Waals surface area contributed by atoms with Crippen LogP contribution in [0.4, 0.5) is 5.95 Å². The van der Waals surface area contributed by atoms with E-state index in [1.807, 2.05) is 12.1 Å². The Morgan fingerprint density at radius 2 is 2.00 bits per heavy atom. The Hall–Kier alpha value is -2.73. The number of tetrazole rings is 1.